The third-order valence-corrected chi connectivity index (χ3v) is 4.09. The lowest BCUT2D eigenvalue weighted by molar-refractivity contribution is -0.143. The Hall–Kier alpha value is -2.57. The number of amides is 2. The normalized spacial score (nSPS) is 11.5. The highest BCUT2D eigenvalue weighted by Crippen LogP contribution is 2.25. The highest BCUT2D eigenvalue weighted by atomic mass is 35.5. The minimum Gasteiger partial charge on any atom is -0.457 e. The molecule has 8 heteroatoms. The number of urea groups is 1. The number of benzene rings is 2. The summed E-state index contributed by atoms with van der Waals surface area (Å²) < 4.78 is 5.01. The van der Waals surface area contributed by atoms with Crippen molar-refractivity contribution in [1.29, 1.82) is 0 Å². The van der Waals surface area contributed by atoms with Crippen LogP contribution in [0.4, 0.5) is 4.79 Å². The van der Waals surface area contributed by atoms with Crippen molar-refractivity contribution in [1.82, 2.24) is 5.32 Å². The van der Waals surface area contributed by atoms with Gasteiger partial charge in [-0.2, -0.15) is 0 Å². The molecule has 0 aliphatic carbocycles. The molecule has 6 nitrogen and oxygen atoms in total. The quantitative estimate of drug-likeness (QED) is 0.554. The summed E-state index contributed by atoms with van der Waals surface area (Å²) in [5.41, 5.74) is 6.05. The summed E-state index contributed by atoms with van der Waals surface area (Å²) in [6, 6.07) is 11.4. The molecule has 1 atom stereocenters. The van der Waals surface area contributed by atoms with Crippen molar-refractivity contribution < 1.29 is 19.1 Å². The van der Waals surface area contributed by atoms with Gasteiger partial charge in [-0.1, -0.05) is 41.4 Å². The largest absolute Gasteiger partial charge is 0.457 e. The Morgan fingerprint density at radius 3 is 2.31 bits per heavy atom. The number of hydrogen-bond donors (Lipinski definition) is 2. The van der Waals surface area contributed by atoms with Gasteiger partial charge < -0.3 is 15.8 Å². The number of primary amides is 1. The fourth-order valence-electron chi connectivity index (χ4n) is 2.26. The molecule has 0 saturated carbocycles. The first-order valence-corrected chi connectivity index (χ1v) is 8.37. The Morgan fingerprint density at radius 1 is 1.04 bits per heavy atom. The van der Waals surface area contributed by atoms with Crippen LogP contribution in [0.2, 0.25) is 10.0 Å². The van der Waals surface area contributed by atoms with Crippen LogP contribution in [0, 0.1) is 0 Å². The molecular weight excluding hydrogens is 379 g/mol. The average molecular weight is 395 g/mol. The minimum atomic E-state index is -0.806. The summed E-state index contributed by atoms with van der Waals surface area (Å²) >= 11 is 11.9. The Balaban J connectivity index is 1.98. The van der Waals surface area contributed by atoms with E-state index in [4.69, 9.17) is 33.7 Å². The molecule has 2 amide bonds. The Morgan fingerprint density at radius 2 is 1.69 bits per heavy atom. The molecule has 0 aliphatic rings. The maximum atomic E-state index is 12.1. The van der Waals surface area contributed by atoms with Gasteiger partial charge in [-0.15, -0.1) is 0 Å². The minimum absolute atomic E-state index is 0.222. The van der Waals surface area contributed by atoms with Crippen molar-refractivity contribution in [2.75, 3.05) is 6.61 Å². The van der Waals surface area contributed by atoms with E-state index in [2.05, 4.69) is 5.32 Å². The zero-order valence-electron chi connectivity index (χ0n) is 13.6. The molecule has 0 aliphatic heterocycles. The predicted octanol–water partition coefficient (Wildman–Crippen LogP) is 3.52. The molecule has 2 aromatic rings. The number of nitrogens with two attached hydrogens (primary N) is 1. The Kier molecular flexibility index (Phi) is 7.00. The van der Waals surface area contributed by atoms with Gasteiger partial charge in [-0.3, -0.25) is 9.59 Å². The molecule has 0 radical (unpaired) electrons. The van der Waals surface area contributed by atoms with Crippen LogP contribution in [0.1, 0.15) is 28.4 Å². The fourth-order valence-corrected chi connectivity index (χ4v) is 2.65. The molecule has 0 saturated heterocycles. The number of esters is 1. The van der Waals surface area contributed by atoms with E-state index in [0.717, 1.165) is 0 Å². The number of ketones is 1. The van der Waals surface area contributed by atoms with Gasteiger partial charge in [0.1, 0.15) is 0 Å². The lowest BCUT2D eigenvalue weighted by Crippen LogP contribution is -2.35. The van der Waals surface area contributed by atoms with Crippen LogP contribution in [-0.2, 0) is 9.53 Å². The zero-order chi connectivity index (χ0) is 19.1. The molecule has 0 unspecified atom stereocenters. The molecule has 136 valence electrons. The van der Waals surface area contributed by atoms with E-state index in [1.54, 1.807) is 48.5 Å². The van der Waals surface area contributed by atoms with Gasteiger partial charge in [0.25, 0.3) is 0 Å². The summed E-state index contributed by atoms with van der Waals surface area (Å²) in [5, 5.41) is 3.32. The number of hydrogen-bond acceptors (Lipinski definition) is 4. The van der Waals surface area contributed by atoms with Gasteiger partial charge in [-0.25, -0.2) is 4.79 Å². The summed E-state index contributed by atoms with van der Waals surface area (Å²) in [5.74, 6) is -1.04. The number of Topliss-reactive ketones (excluding diaryl/α,β-unsaturated/α-hetero) is 1. The monoisotopic (exact) mass is 394 g/mol. The predicted molar refractivity (Wildman–Crippen MR) is 98.3 cm³/mol. The van der Waals surface area contributed by atoms with Gasteiger partial charge in [0.15, 0.2) is 12.4 Å². The number of rotatable bonds is 7. The summed E-state index contributed by atoms with van der Waals surface area (Å²) in [6.07, 6.45) is -0.222. The standard InChI is InChI=1S/C18H16Cl2N2O4/c19-12-7-5-11(6-8-12)16(23)10-26-17(24)9-15(22-18(21)25)13-3-1-2-4-14(13)20/h1-8,15H,9-10H2,(H3,21,22,25)/t15-/m0/s1. The van der Waals surface area contributed by atoms with E-state index >= 15 is 0 Å². The van der Waals surface area contributed by atoms with Crippen LogP contribution in [0.25, 0.3) is 0 Å². The Labute approximate surface area is 160 Å². The summed E-state index contributed by atoms with van der Waals surface area (Å²) in [7, 11) is 0. The van der Waals surface area contributed by atoms with Crippen LogP contribution in [0.5, 0.6) is 0 Å². The third-order valence-electron chi connectivity index (χ3n) is 3.50. The number of carbonyl (C=O) groups is 3. The highest BCUT2D eigenvalue weighted by molar-refractivity contribution is 6.31. The first kappa shape index (κ1) is 19.8. The molecule has 0 bridgehead atoms. The van der Waals surface area contributed by atoms with Gasteiger partial charge >= 0.3 is 12.0 Å². The van der Waals surface area contributed by atoms with Crippen LogP contribution < -0.4 is 11.1 Å². The van der Waals surface area contributed by atoms with Crippen molar-refractivity contribution in [3.05, 3.63) is 69.7 Å². The van der Waals surface area contributed by atoms with Crippen molar-refractivity contribution in [3.8, 4) is 0 Å². The average Bonchev–Trinajstić information content (AvgIpc) is 2.60. The lowest BCUT2D eigenvalue weighted by Gasteiger charge is -2.18. The maximum Gasteiger partial charge on any atom is 0.312 e. The van der Waals surface area contributed by atoms with Gasteiger partial charge in [-0.05, 0) is 35.9 Å². The van der Waals surface area contributed by atoms with E-state index in [9.17, 15) is 14.4 Å². The van der Waals surface area contributed by atoms with Gasteiger partial charge in [0, 0.05) is 15.6 Å². The molecule has 2 rings (SSSR count). The van der Waals surface area contributed by atoms with Crippen molar-refractivity contribution in [2.24, 2.45) is 5.73 Å². The van der Waals surface area contributed by atoms with E-state index in [-0.39, 0.29) is 12.2 Å². The molecule has 3 N–H and O–H groups in total. The second-order valence-electron chi connectivity index (χ2n) is 5.38. The summed E-state index contributed by atoms with van der Waals surface area (Å²) in [6.45, 7) is -0.424. The van der Waals surface area contributed by atoms with Crippen molar-refractivity contribution in [2.45, 2.75) is 12.5 Å². The molecule has 0 aromatic heterocycles. The molecule has 0 spiro atoms. The van der Waals surface area contributed by atoms with Gasteiger partial charge in [0.2, 0.25) is 0 Å². The number of carbonyl (C=O) groups excluding carboxylic acids is 3. The van der Waals surface area contributed by atoms with Crippen LogP contribution >= 0.6 is 23.2 Å². The van der Waals surface area contributed by atoms with Crippen LogP contribution in [0.15, 0.2) is 48.5 Å². The van der Waals surface area contributed by atoms with Gasteiger partial charge in [0.05, 0.1) is 12.5 Å². The zero-order valence-corrected chi connectivity index (χ0v) is 15.1. The number of nitrogens with one attached hydrogen (secondary N) is 1. The molecule has 0 heterocycles. The molecular formula is C18H16Cl2N2O4. The van der Waals surface area contributed by atoms with Crippen molar-refractivity contribution >= 4 is 41.0 Å². The Bertz CT molecular complexity index is 809. The van der Waals surface area contributed by atoms with E-state index in [1.165, 1.54) is 0 Å². The van der Waals surface area contributed by atoms with Crippen LogP contribution in [-0.4, -0.2) is 24.4 Å². The molecule has 0 fully saturated rings. The summed E-state index contributed by atoms with van der Waals surface area (Å²) in [4.78, 5) is 35.3. The number of ether oxygens (including phenoxy) is 1. The van der Waals surface area contributed by atoms with E-state index in [1.807, 2.05) is 0 Å². The maximum absolute atomic E-state index is 12.1. The lowest BCUT2D eigenvalue weighted by atomic mass is 10.0. The van der Waals surface area contributed by atoms with E-state index in [0.29, 0.717) is 21.2 Å². The first-order chi connectivity index (χ1) is 12.4. The fraction of sp³-hybridized carbons (Fsp3) is 0.167. The SMILES string of the molecule is NC(=O)N[C@@H](CC(=O)OCC(=O)c1ccc(Cl)cc1)c1ccccc1Cl. The number of halogens is 2. The smallest absolute Gasteiger partial charge is 0.312 e. The third kappa shape index (κ3) is 5.75. The topological polar surface area (TPSA) is 98.5 Å². The molecule has 26 heavy (non-hydrogen) atoms. The molecule has 2 aromatic carbocycles. The second kappa shape index (κ2) is 9.22. The first-order valence-electron chi connectivity index (χ1n) is 7.61. The second-order valence-corrected chi connectivity index (χ2v) is 6.22. The highest BCUT2D eigenvalue weighted by Gasteiger charge is 2.21. The van der Waals surface area contributed by atoms with E-state index < -0.39 is 24.6 Å². The van der Waals surface area contributed by atoms with Crippen LogP contribution in [0.3, 0.4) is 0 Å². The van der Waals surface area contributed by atoms with Crippen molar-refractivity contribution in [3.63, 3.8) is 0 Å².